The summed E-state index contributed by atoms with van der Waals surface area (Å²) < 4.78 is 0. The van der Waals surface area contributed by atoms with Gasteiger partial charge in [-0.25, -0.2) is 0 Å². The number of anilines is 1. The number of nitrogens with one attached hydrogen (secondary N) is 2. The van der Waals surface area contributed by atoms with Gasteiger partial charge in [0.05, 0.1) is 31.1 Å². The molecule has 0 atom stereocenters. The standard InChI is InChI=1S/C20H24N4O3/c1-16-4-2-3-5-17(16)14-21-20(25)15-22-10-12-23(13-11-22)18-6-8-19(9-7-18)24(26)27/h2-9H,10-15H2,1H3,(H,21,25)/p+1. The minimum atomic E-state index is -0.387. The average Bonchev–Trinajstić information content (AvgIpc) is 2.68. The van der Waals surface area contributed by atoms with Crippen LogP contribution in [0.5, 0.6) is 0 Å². The first kappa shape index (κ1) is 18.8. The molecule has 1 heterocycles. The zero-order valence-electron chi connectivity index (χ0n) is 15.5. The SMILES string of the molecule is Cc1ccccc1CNC(=O)C[NH+]1CCN(c2ccc([N+](=O)[O-])cc2)CC1. The van der Waals surface area contributed by atoms with Crippen LogP contribution >= 0.6 is 0 Å². The van der Waals surface area contributed by atoms with Gasteiger partial charge in [-0.15, -0.1) is 0 Å². The summed E-state index contributed by atoms with van der Waals surface area (Å²) in [6.07, 6.45) is 0. The molecule has 3 rings (SSSR count). The zero-order valence-corrected chi connectivity index (χ0v) is 15.5. The summed E-state index contributed by atoms with van der Waals surface area (Å²) in [4.78, 5) is 26.1. The Hall–Kier alpha value is -2.93. The van der Waals surface area contributed by atoms with E-state index in [1.54, 1.807) is 12.1 Å². The highest BCUT2D eigenvalue weighted by Gasteiger charge is 2.22. The van der Waals surface area contributed by atoms with E-state index < -0.39 is 0 Å². The predicted octanol–water partition coefficient (Wildman–Crippen LogP) is 0.925. The summed E-state index contributed by atoms with van der Waals surface area (Å²) in [5.74, 6) is 0.0667. The van der Waals surface area contributed by atoms with Gasteiger partial charge in [0.1, 0.15) is 0 Å². The van der Waals surface area contributed by atoms with Crippen molar-refractivity contribution in [3.05, 3.63) is 69.8 Å². The summed E-state index contributed by atoms with van der Waals surface area (Å²) in [6, 6.07) is 14.7. The molecule has 2 aromatic rings. The number of carbonyl (C=O) groups is 1. The summed E-state index contributed by atoms with van der Waals surface area (Å²) in [5, 5.41) is 13.8. The van der Waals surface area contributed by atoms with Crippen molar-refractivity contribution < 1.29 is 14.6 Å². The maximum absolute atomic E-state index is 12.2. The van der Waals surface area contributed by atoms with Gasteiger partial charge >= 0.3 is 0 Å². The second-order valence-corrected chi connectivity index (χ2v) is 6.89. The first-order valence-electron chi connectivity index (χ1n) is 9.17. The lowest BCUT2D eigenvalue weighted by Crippen LogP contribution is -3.15. The minimum absolute atomic E-state index is 0.0667. The number of nitro groups is 1. The van der Waals surface area contributed by atoms with Crippen molar-refractivity contribution in [2.45, 2.75) is 13.5 Å². The van der Waals surface area contributed by atoms with Gasteiger partial charge in [0.15, 0.2) is 6.54 Å². The largest absolute Gasteiger partial charge is 0.360 e. The lowest BCUT2D eigenvalue weighted by Gasteiger charge is -2.33. The fourth-order valence-electron chi connectivity index (χ4n) is 3.33. The van der Waals surface area contributed by atoms with E-state index in [4.69, 9.17) is 0 Å². The number of quaternary nitrogens is 1. The maximum Gasteiger partial charge on any atom is 0.275 e. The van der Waals surface area contributed by atoms with Gasteiger partial charge in [-0.2, -0.15) is 0 Å². The highest BCUT2D eigenvalue weighted by atomic mass is 16.6. The van der Waals surface area contributed by atoms with Crippen LogP contribution < -0.4 is 15.1 Å². The highest BCUT2D eigenvalue weighted by Crippen LogP contribution is 2.19. The second kappa shape index (κ2) is 8.64. The van der Waals surface area contributed by atoms with E-state index in [9.17, 15) is 14.9 Å². The molecule has 1 aliphatic rings. The van der Waals surface area contributed by atoms with Crippen molar-refractivity contribution in [1.82, 2.24) is 5.32 Å². The topological polar surface area (TPSA) is 79.9 Å². The molecule has 0 spiro atoms. The number of aryl methyl sites for hydroxylation is 1. The van der Waals surface area contributed by atoms with Crippen LogP contribution in [0.25, 0.3) is 0 Å². The maximum atomic E-state index is 12.2. The predicted molar refractivity (Wildman–Crippen MR) is 104 cm³/mol. The molecule has 142 valence electrons. The van der Waals surface area contributed by atoms with Crippen molar-refractivity contribution >= 4 is 17.3 Å². The molecule has 0 aliphatic carbocycles. The molecule has 1 aliphatic heterocycles. The van der Waals surface area contributed by atoms with Crippen molar-refractivity contribution in [2.24, 2.45) is 0 Å². The van der Waals surface area contributed by atoms with Gasteiger partial charge < -0.3 is 15.1 Å². The van der Waals surface area contributed by atoms with E-state index in [0.717, 1.165) is 37.4 Å². The monoisotopic (exact) mass is 369 g/mol. The molecule has 7 heteroatoms. The lowest BCUT2D eigenvalue weighted by atomic mass is 10.1. The Balaban J connectivity index is 1.44. The first-order chi connectivity index (χ1) is 13.0. The second-order valence-electron chi connectivity index (χ2n) is 6.89. The molecular weight excluding hydrogens is 344 g/mol. The third-order valence-electron chi connectivity index (χ3n) is 5.04. The molecule has 0 aromatic heterocycles. The fourth-order valence-corrected chi connectivity index (χ4v) is 3.33. The molecule has 0 unspecified atom stereocenters. The van der Waals surface area contributed by atoms with Crippen LogP contribution in [0.15, 0.2) is 48.5 Å². The number of benzene rings is 2. The van der Waals surface area contributed by atoms with Crippen LogP contribution in [0.1, 0.15) is 11.1 Å². The summed E-state index contributed by atoms with van der Waals surface area (Å²) in [6.45, 7) is 6.48. The van der Waals surface area contributed by atoms with Crippen LogP contribution in [0.4, 0.5) is 11.4 Å². The molecule has 2 aromatic carbocycles. The number of nitro benzene ring substituents is 1. The lowest BCUT2D eigenvalue weighted by molar-refractivity contribution is -0.892. The summed E-state index contributed by atoms with van der Waals surface area (Å²) in [7, 11) is 0. The molecule has 0 saturated carbocycles. The van der Waals surface area contributed by atoms with Gasteiger partial charge in [-0.1, -0.05) is 24.3 Å². The minimum Gasteiger partial charge on any atom is -0.360 e. The third-order valence-corrected chi connectivity index (χ3v) is 5.04. The van der Waals surface area contributed by atoms with Crippen molar-refractivity contribution in [3.8, 4) is 0 Å². The molecular formula is C20H25N4O3+. The molecule has 27 heavy (non-hydrogen) atoms. The van der Waals surface area contributed by atoms with E-state index >= 15 is 0 Å². The quantitative estimate of drug-likeness (QED) is 0.586. The van der Waals surface area contributed by atoms with Gasteiger partial charge in [0, 0.05) is 24.4 Å². The van der Waals surface area contributed by atoms with Crippen LogP contribution in [0.2, 0.25) is 0 Å². The number of amides is 1. The van der Waals surface area contributed by atoms with Crippen molar-refractivity contribution in [3.63, 3.8) is 0 Å². The molecule has 7 nitrogen and oxygen atoms in total. The van der Waals surface area contributed by atoms with Crippen LogP contribution in [-0.2, 0) is 11.3 Å². The van der Waals surface area contributed by atoms with Crippen LogP contribution in [-0.4, -0.2) is 43.6 Å². The van der Waals surface area contributed by atoms with Gasteiger partial charge in [0.2, 0.25) is 0 Å². The number of carbonyl (C=O) groups excluding carboxylic acids is 1. The van der Waals surface area contributed by atoms with E-state index in [1.807, 2.05) is 31.2 Å². The van der Waals surface area contributed by atoms with Crippen LogP contribution in [0, 0.1) is 17.0 Å². The Labute approximate surface area is 158 Å². The molecule has 1 fully saturated rings. The number of hydrogen-bond acceptors (Lipinski definition) is 4. The highest BCUT2D eigenvalue weighted by molar-refractivity contribution is 5.76. The van der Waals surface area contributed by atoms with Gasteiger partial charge in [-0.3, -0.25) is 14.9 Å². The first-order valence-corrected chi connectivity index (χ1v) is 9.17. The summed E-state index contributed by atoms with van der Waals surface area (Å²) in [5.41, 5.74) is 3.42. The van der Waals surface area contributed by atoms with E-state index in [1.165, 1.54) is 22.6 Å². The number of non-ortho nitro benzene ring substituents is 1. The van der Waals surface area contributed by atoms with E-state index in [2.05, 4.69) is 10.2 Å². The summed E-state index contributed by atoms with van der Waals surface area (Å²) >= 11 is 0. The molecule has 1 saturated heterocycles. The molecule has 1 amide bonds. The Morgan fingerprint density at radius 3 is 2.44 bits per heavy atom. The Morgan fingerprint density at radius 2 is 1.81 bits per heavy atom. The average molecular weight is 369 g/mol. The van der Waals surface area contributed by atoms with Gasteiger partial charge in [-0.05, 0) is 30.2 Å². The Morgan fingerprint density at radius 1 is 1.15 bits per heavy atom. The normalized spacial score (nSPS) is 14.8. The molecule has 0 bridgehead atoms. The number of nitrogens with zero attached hydrogens (tertiary/aromatic N) is 2. The van der Waals surface area contributed by atoms with Crippen LogP contribution in [0.3, 0.4) is 0 Å². The van der Waals surface area contributed by atoms with E-state index in [0.29, 0.717) is 13.1 Å². The Bertz CT molecular complexity index is 799. The number of rotatable bonds is 6. The Kier molecular flexibility index (Phi) is 6.03. The third kappa shape index (κ3) is 5.04. The number of hydrogen-bond donors (Lipinski definition) is 2. The molecule has 2 N–H and O–H groups in total. The zero-order chi connectivity index (χ0) is 19.2. The fraction of sp³-hybridized carbons (Fsp3) is 0.350. The van der Waals surface area contributed by atoms with E-state index in [-0.39, 0.29) is 16.5 Å². The smallest absolute Gasteiger partial charge is 0.275 e. The van der Waals surface area contributed by atoms with Crippen molar-refractivity contribution in [1.29, 1.82) is 0 Å². The number of piperazine rings is 1. The molecule has 0 radical (unpaired) electrons. The van der Waals surface area contributed by atoms with Crippen molar-refractivity contribution in [2.75, 3.05) is 37.6 Å². The van der Waals surface area contributed by atoms with Gasteiger partial charge in [0.25, 0.3) is 11.6 Å².